The Labute approximate surface area is 81.3 Å². The molecule has 0 aromatic carbocycles. The van der Waals surface area contributed by atoms with E-state index in [-0.39, 0.29) is 0 Å². The lowest BCUT2D eigenvalue weighted by Crippen LogP contribution is -2.10. The van der Waals surface area contributed by atoms with Crippen molar-refractivity contribution in [1.82, 2.24) is 4.98 Å². The lowest BCUT2D eigenvalue weighted by Gasteiger charge is -2.24. The van der Waals surface area contributed by atoms with Crippen LogP contribution < -0.4 is 0 Å². The summed E-state index contributed by atoms with van der Waals surface area (Å²) in [5.41, 5.74) is 2.48. The second-order valence-electron chi connectivity index (χ2n) is 3.49. The second-order valence-corrected chi connectivity index (χ2v) is 4.34. The van der Waals surface area contributed by atoms with Crippen LogP contribution in [0.25, 0.3) is 0 Å². The van der Waals surface area contributed by atoms with Crippen LogP contribution in [0.15, 0.2) is 16.7 Å². The number of aryl methyl sites for hydroxylation is 1. The number of pyridine rings is 1. The maximum absolute atomic E-state index is 4.43. The first-order chi connectivity index (χ1) is 5.77. The third-order valence-electron chi connectivity index (χ3n) is 2.58. The molecule has 0 radical (unpaired) electrons. The van der Waals surface area contributed by atoms with E-state index < -0.39 is 0 Å². The molecule has 0 atom stereocenters. The van der Waals surface area contributed by atoms with E-state index in [1.807, 2.05) is 6.20 Å². The number of nitrogens with zero attached hydrogens (tertiary/aromatic N) is 1. The molecule has 64 valence electrons. The zero-order valence-electron chi connectivity index (χ0n) is 7.18. The predicted molar refractivity (Wildman–Crippen MR) is 53.3 cm³/mol. The highest BCUT2D eigenvalue weighted by molar-refractivity contribution is 9.10. The smallest absolute Gasteiger partial charge is 0.0445 e. The van der Waals surface area contributed by atoms with Gasteiger partial charge in [-0.3, -0.25) is 4.98 Å². The van der Waals surface area contributed by atoms with Crippen molar-refractivity contribution in [2.75, 3.05) is 0 Å². The highest BCUT2D eigenvalue weighted by Crippen LogP contribution is 2.36. The molecule has 2 heteroatoms. The largest absolute Gasteiger partial charge is 0.261 e. The molecule has 1 heterocycles. The first-order valence-corrected chi connectivity index (χ1v) is 5.18. The fourth-order valence-electron chi connectivity index (χ4n) is 1.44. The Kier molecular flexibility index (Phi) is 2.18. The van der Waals surface area contributed by atoms with Gasteiger partial charge in [-0.25, -0.2) is 0 Å². The van der Waals surface area contributed by atoms with E-state index in [2.05, 4.69) is 33.9 Å². The summed E-state index contributed by atoms with van der Waals surface area (Å²) >= 11 is 3.53. The average molecular weight is 226 g/mol. The van der Waals surface area contributed by atoms with Crippen LogP contribution >= 0.6 is 15.9 Å². The third kappa shape index (κ3) is 1.40. The molecule has 1 fully saturated rings. The molecule has 0 spiro atoms. The van der Waals surface area contributed by atoms with Crippen LogP contribution in [0.2, 0.25) is 0 Å². The van der Waals surface area contributed by atoms with Crippen molar-refractivity contribution < 1.29 is 0 Å². The Balaban J connectivity index is 2.27. The molecule has 12 heavy (non-hydrogen) atoms. The zero-order chi connectivity index (χ0) is 8.55. The molecule has 1 saturated carbocycles. The monoisotopic (exact) mass is 225 g/mol. The number of aromatic nitrogens is 1. The molecule has 2 rings (SSSR count). The average Bonchev–Trinajstić information content (AvgIpc) is 1.93. The van der Waals surface area contributed by atoms with E-state index in [0.29, 0.717) is 0 Å². The minimum Gasteiger partial charge on any atom is -0.261 e. The molecular formula is C10H12BrN. The van der Waals surface area contributed by atoms with Gasteiger partial charge in [-0.2, -0.15) is 0 Å². The SMILES string of the molecule is Cc1cnc(C2CCC2)cc1Br. The summed E-state index contributed by atoms with van der Waals surface area (Å²) in [5, 5.41) is 0. The predicted octanol–water partition coefficient (Wildman–Crippen LogP) is 3.42. The van der Waals surface area contributed by atoms with Gasteiger partial charge in [-0.15, -0.1) is 0 Å². The number of hydrogen-bond donors (Lipinski definition) is 0. The Morgan fingerprint density at radius 1 is 1.50 bits per heavy atom. The summed E-state index contributed by atoms with van der Waals surface area (Å²) in [6, 6.07) is 2.17. The first kappa shape index (κ1) is 8.24. The van der Waals surface area contributed by atoms with E-state index in [0.717, 1.165) is 5.92 Å². The molecule has 0 saturated heterocycles. The molecule has 0 amide bonds. The Morgan fingerprint density at radius 3 is 2.75 bits per heavy atom. The summed E-state index contributed by atoms with van der Waals surface area (Å²) in [4.78, 5) is 4.43. The molecule has 1 aliphatic rings. The summed E-state index contributed by atoms with van der Waals surface area (Å²) in [6.45, 7) is 2.07. The van der Waals surface area contributed by atoms with Crippen molar-refractivity contribution in [1.29, 1.82) is 0 Å². The van der Waals surface area contributed by atoms with Gasteiger partial charge in [-0.05, 0) is 31.4 Å². The van der Waals surface area contributed by atoms with Crippen molar-refractivity contribution in [2.24, 2.45) is 0 Å². The maximum Gasteiger partial charge on any atom is 0.0445 e. The minimum atomic E-state index is 0.738. The second kappa shape index (κ2) is 3.17. The van der Waals surface area contributed by atoms with Gasteiger partial charge in [0.2, 0.25) is 0 Å². The van der Waals surface area contributed by atoms with Gasteiger partial charge in [0.1, 0.15) is 0 Å². The van der Waals surface area contributed by atoms with Gasteiger partial charge in [0.25, 0.3) is 0 Å². The summed E-state index contributed by atoms with van der Waals surface area (Å²) in [6.07, 6.45) is 5.97. The molecule has 1 nitrogen and oxygen atoms in total. The quantitative estimate of drug-likeness (QED) is 0.714. The maximum atomic E-state index is 4.43. The normalized spacial score (nSPS) is 17.5. The Hall–Kier alpha value is -0.370. The summed E-state index contributed by atoms with van der Waals surface area (Å²) in [7, 11) is 0. The van der Waals surface area contributed by atoms with E-state index in [4.69, 9.17) is 0 Å². The molecule has 1 aromatic rings. The standard InChI is InChI=1S/C10H12BrN/c1-7-6-12-10(5-9(7)11)8-3-2-4-8/h5-6,8H,2-4H2,1H3. The van der Waals surface area contributed by atoms with E-state index in [1.165, 1.54) is 35.0 Å². The molecule has 0 aliphatic heterocycles. The highest BCUT2D eigenvalue weighted by Gasteiger charge is 2.20. The van der Waals surface area contributed by atoms with Crippen molar-refractivity contribution in [2.45, 2.75) is 32.1 Å². The van der Waals surface area contributed by atoms with Crippen molar-refractivity contribution in [3.05, 3.63) is 28.0 Å². The Morgan fingerprint density at radius 2 is 2.25 bits per heavy atom. The summed E-state index contributed by atoms with van der Waals surface area (Å²) in [5.74, 6) is 0.738. The van der Waals surface area contributed by atoms with Crippen LogP contribution in [0.5, 0.6) is 0 Å². The fourth-order valence-corrected chi connectivity index (χ4v) is 1.78. The van der Waals surface area contributed by atoms with Crippen LogP contribution in [0.1, 0.15) is 36.4 Å². The van der Waals surface area contributed by atoms with Gasteiger partial charge in [0.05, 0.1) is 0 Å². The molecule has 0 N–H and O–H groups in total. The lowest BCUT2D eigenvalue weighted by atomic mass is 9.83. The van der Waals surface area contributed by atoms with Gasteiger partial charge < -0.3 is 0 Å². The van der Waals surface area contributed by atoms with Crippen molar-refractivity contribution in [3.8, 4) is 0 Å². The molecule has 1 aromatic heterocycles. The zero-order valence-corrected chi connectivity index (χ0v) is 8.76. The van der Waals surface area contributed by atoms with Gasteiger partial charge in [0, 0.05) is 22.3 Å². The van der Waals surface area contributed by atoms with E-state index >= 15 is 0 Å². The van der Waals surface area contributed by atoms with Gasteiger partial charge >= 0.3 is 0 Å². The molecule has 0 bridgehead atoms. The molecule has 1 aliphatic carbocycles. The van der Waals surface area contributed by atoms with Crippen molar-refractivity contribution >= 4 is 15.9 Å². The van der Waals surface area contributed by atoms with E-state index in [1.54, 1.807) is 0 Å². The van der Waals surface area contributed by atoms with E-state index in [9.17, 15) is 0 Å². The van der Waals surface area contributed by atoms with Crippen LogP contribution in [-0.2, 0) is 0 Å². The summed E-state index contributed by atoms with van der Waals surface area (Å²) < 4.78 is 1.19. The Bertz CT molecular complexity index is 292. The van der Waals surface area contributed by atoms with Gasteiger partial charge in [-0.1, -0.05) is 22.4 Å². The van der Waals surface area contributed by atoms with Crippen LogP contribution in [-0.4, -0.2) is 4.98 Å². The first-order valence-electron chi connectivity index (χ1n) is 4.39. The number of rotatable bonds is 1. The molecular weight excluding hydrogens is 214 g/mol. The number of hydrogen-bond acceptors (Lipinski definition) is 1. The van der Waals surface area contributed by atoms with Crippen LogP contribution in [0, 0.1) is 6.92 Å². The number of halogens is 1. The van der Waals surface area contributed by atoms with Crippen LogP contribution in [0.4, 0.5) is 0 Å². The topological polar surface area (TPSA) is 12.9 Å². The highest BCUT2D eigenvalue weighted by atomic mass is 79.9. The minimum absolute atomic E-state index is 0.738. The van der Waals surface area contributed by atoms with Crippen molar-refractivity contribution in [3.63, 3.8) is 0 Å². The lowest BCUT2D eigenvalue weighted by molar-refractivity contribution is 0.411. The fraction of sp³-hybridized carbons (Fsp3) is 0.500. The van der Waals surface area contributed by atoms with Gasteiger partial charge in [0.15, 0.2) is 0 Å². The third-order valence-corrected chi connectivity index (χ3v) is 3.44. The van der Waals surface area contributed by atoms with Crippen LogP contribution in [0.3, 0.4) is 0 Å². The molecule has 0 unspecified atom stereocenters.